The Morgan fingerprint density at radius 3 is 2.77 bits per heavy atom. The van der Waals surface area contributed by atoms with Gasteiger partial charge in [0, 0.05) is 18.5 Å². The minimum atomic E-state index is -0.711. The number of piperidine rings is 1. The Balaban J connectivity index is 1.98. The van der Waals surface area contributed by atoms with E-state index in [1.807, 2.05) is 0 Å². The van der Waals surface area contributed by atoms with Crippen molar-refractivity contribution in [1.82, 2.24) is 4.90 Å². The van der Waals surface area contributed by atoms with Gasteiger partial charge in [0.1, 0.15) is 11.3 Å². The molecule has 7 heteroatoms. The molecule has 3 rings (SSSR count). The van der Waals surface area contributed by atoms with Crippen molar-refractivity contribution in [2.24, 2.45) is 0 Å². The molecule has 0 radical (unpaired) electrons. The third kappa shape index (κ3) is 2.26. The Hall–Kier alpha value is -2.31. The molecule has 1 aliphatic carbocycles. The second kappa shape index (κ2) is 5.47. The molecule has 22 heavy (non-hydrogen) atoms. The molecule has 7 nitrogen and oxygen atoms in total. The number of rotatable bonds is 1. The summed E-state index contributed by atoms with van der Waals surface area (Å²) in [6.07, 6.45) is 1.63. The quantitative estimate of drug-likeness (QED) is 0.727. The minimum absolute atomic E-state index is 0.00287. The maximum absolute atomic E-state index is 11.9. The third-order valence-electron chi connectivity index (χ3n) is 4.41. The van der Waals surface area contributed by atoms with E-state index in [0.717, 1.165) is 12.0 Å². The number of carbonyl (C=O) groups excluding carboxylic acids is 2. The highest BCUT2D eigenvalue weighted by Crippen LogP contribution is 2.39. The van der Waals surface area contributed by atoms with Crippen molar-refractivity contribution in [2.75, 3.05) is 20.8 Å². The number of esters is 1. The molecule has 2 unspecified atom stereocenters. The van der Waals surface area contributed by atoms with Crippen LogP contribution in [0.25, 0.3) is 0 Å². The smallest absolute Gasteiger partial charge is 0.409 e. The number of ether oxygens (including phenoxy) is 2. The van der Waals surface area contributed by atoms with Crippen LogP contribution in [0.4, 0.5) is 4.79 Å². The van der Waals surface area contributed by atoms with Gasteiger partial charge in [0.25, 0.3) is 0 Å². The van der Waals surface area contributed by atoms with E-state index in [-0.39, 0.29) is 23.6 Å². The Bertz CT molecular complexity index is 679. The predicted molar refractivity (Wildman–Crippen MR) is 74.9 cm³/mol. The van der Waals surface area contributed by atoms with Crippen LogP contribution in [0.2, 0.25) is 0 Å². The van der Waals surface area contributed by atoms with E-state index >= 15 is 0 Å². The summed E-state index contributed by atoms with van der Waals surface area (Å²) in [7, 11) is 2.58. The summed E-state index contributed by atoms with van der Waals surface area (Å²) in [4.78, 5) is 37.0. The highest BCUT2D eigenvalue weighted by Gasteiger charge is 2.39. The fraction of sp³-hybridized carbons (Fsp3) is 0.533. The molecule has 0 saturated carbocycles. The lowest BCUT2D eigenvalue weighted by Gasteiger charge is -2.42. The molecule has 0 spiro atoms. The van der Waals surface area contributed by atoms with Crippen LogP contribution < -0.4 is 5.63 Å². The maximum Gasteiger partial charge on any atom is 0.409 e. The molecule has 2 aliphatic rings. The zero-order chi connectivity index (χ0) is 15.9. The van der Waals surface area contributed by atoms with Crippen LogP contribution >= 0.6 is 0 Å². The molecular weight excluding hydrogens is 290 g/mol. The SMILES string of the molecule is COC(=O)c1cc2c(oc1=O)C1CCN(C(=O)OC)C(C2)C1. The van der Waals surface area contributed by atoms with Gasteiger partial charge < -0.3 is 18.8 Å². The van der Waals surface area contributed by atoms with Crippen LogP contribution in [0.3, 0.4) is 0 Å². The number of nitrogens with zero attached hydrogens (tertiary/aromatic N) is 1. The molecule has 1 fully saturated rings. The fourth-order valence-corrected chi connectivity index (χ4v) is 3.38. The standard InChI is InChI=1S/C15H17NO6/c1-20-13(17)11-7-9-6-10-5-8(12(9)22-14(11)18)3-4-16(10)15(19)21-2/h7-8,10H,3-6H2,1-2H3. The van der Waals surface area contributed by atoms with E-state index in [1.165, 1.54) is 20.3 Å². The summed E-state index contributed by atoms with van der Waals surface area (Å²) in [6, 6.07) is 1.53. The normalized spacial score (nSPS) is 22.7. The van der Waals surface area contributed by atoms with Crippen LogP contribution in [-0.4, -0.2) is 43.8 Å². The van der Waals surface area contributed by atoms with Crippen molar-refractivity contribution in [2.45, 2.75) is 31.2 Å². The highest BCUT2D eigenvalue weighted by molar-refractivity contribution is 5.88. The van der Waals surface area contributed by atoms with Gasteiger partial charge in [-0.05, 0) is 30.9 Å². The van der Waals surface area contributed by atoms with Gasteiger partial charge in [-0.2, -0.15) is 0 Å². The van der Waals surface area contributed by atoms with Crippen molar-refractivity contribution in [3.63, 3.8) is 0 Å². The van der Waals surface area contributed by atoms with Gasteiger partial charge in [-0.1, -0.05) is 0 Å². The second-order valence-corrected chi connectivity index (χ2v) is 5.57. The molecule has 2 heterocycles. The molecule has 0 aromatic carbocycles. The average Bonchev–Trinajstić information content (AvgIpc) is 2.54. The van der Waals surface area contributed by atoms with Gasteiger partial charge in [0.15, 0.2) is 0 Å². The molecular formula is C15H17NO6. The summed E-state index contributed by atoms with van der Waals surface area (Å²) in [5.41, 5.74) is 0.0140. The maximum atomic E-state index is 11.9. The van der Waals surface area contributed by atoms with Crippen LogP contribution in [0.1, 0.15) is 40.4 Å². The largest absolute Gasteiger partial charge is 0.465 e. The van der Waals surface area contributed by atoms with Crippen LogP contribution in [0.15, 0.2) is 15.3 Å². The highest BCUT2D eigenvalue weighted by atomic mass is 16.5. The van der Waals surface area contributed by atoms with E-state index in [4.69, 9.17) is 9.15 Å². The summed E-state index contributed by atoms with van der Waals surface area (Å²) in [5, 5.41) is 0. The summed E-state index contributed by atoms with van der Waals surface area (Å²) >= 11 is 0. The van der Waals surface area contributed by atoms with Gasteiger partial charge in [0.2, 0.25) is 0 Å². The molecule has 2 atom stereocenters. The summed E-state index contributed by atoms with van der Waals surface area (Å²) in [6.45, 7) is 0.573. The molecule has 1 saturated heterocycles. The molecule has 1 amide bonds. The molecule has 1 aromatic heterocycles. The topological polar surface area (TPSA) is 86.0 Å². The van der Waals surface area contributed by atoms with Gasteiger partial charge in [-0.15, -0.1) is 0 Å². The first-order valence-corrected chi connectivity index (χ1v) is 7.15. The fourth-order valence-electron chi connectivity index (χ4n) is 3.38. The van der Waals surface area contributed by atoms with Gasteiger partial charge >= 0.3 is 17.7 Å². The number of hydrogen-bond acceptors (Lipinski definition) is 6. The lowest BCUT2D eigenvalue weighted by molar-refractivity contribution is 0.0588. The Kier molecular flexibility index (Phi) is 3.64. The Labute approximate surface area is 126 Å². The zero-order valence-electron chi connectivity index (χ0n) is 12.5. The molecule has 1 aromatic rings. The molecule has 0 N–H and O–H groups in total. The van der Waals surface area contributed by atoms with Crippen LogP contribution in [-0.2, 0) is 15.9 Å². The first-order chi connectivity index (χ1) is 10.5. The number of likely N-dealkylation sites (tertiary alicyclic amines) is 1. The first kappa shape index (κ1) is 14.6. The summed E-state index contributed by atoms with van der Waals surface area (Å²) < 4.78 is 14.8. The lowest BCUT2D eigenvalue weighted by Crippen LogP contribution is -2.49. The van der Waals surface area contributed by atoms with E-state index in [0.29, 0.717) is 25.1 Å². The van der Waals surface area contributed by atoms with E-state index in [9.17, 15) is 14.4 Å². The molecule has 1 aliphatic heterocycles. The third-order valence-corrected chi connectivity index (χ3v) is 4.41. The van der Waals surface area contributed by atoms with Gasteiger partial charge in [-0.25, -0.2) is 14.4 Å². The van der Waals surface area contributed by atoms with Crippen molar-refractivity contribution < 1.29 is 23.5 Å². The first-order valence-electron chi connectivity index (χ1n) is 7.15. The van der Waals surface area contributed by atoms with Gasteiger partial charge in [-0.3, -0.25) is 0 Å². The van der Waals surface area contributed by atoms with Gasteiger partial charge in [0.05, 0.1) is 14.2 Å². The Morgan fingerprint density at radius 2 is 2.09 bits per heavy atom. The number of methoxy groups -OCH3 is 2. The van der Waals surface area contributed by atoms with E-state index in [1.54, 1.807) is 4.90 Å². The zero-order valence-corrected chi connectivity index (χ0v) is 12.5. The summed E-state index contributed by atoms with van der Waals surface area (Å²) in [5.74, 6) is 0.0181. The molecule has 2 bridgehead atoms. The Morgan fingerprint density at radius 1 is 1.32 bits per heavy atom. The monoisotopic (exact) mass is 307 g/mol. The van der Waals surface area contributed by atoms with Crippen LogP contribution in [0, 0.1) is 0 Å². The second-order valence-electron chi connectivity index (χ2n) is 5.57. The molecule has 118 valence electrons. The number of amides is 1. The number of hydrogen-bond donors (Lipinski definition) is 0. The predicted octanol–water partition coefficient (Wildman–Crippen LogP) is 1.30. The van der Waals surface area contributed by atoms with Crippen molar-refractivity contribution in [1.29, 1.82) is 0 Å². The van der Waals surface area contributed by atoms with Crippen molar-refractivity contribution >= 4 is 12.1 Å². The van der Waals surface area contributed by atoms with Crippen molar-refractivity contribution in [3.05, 3.63) is 33.4 Å². The lowest BCUT2D eigenvalue weighted by atomic mass is 9.78. The number of fused-ring (bicyclic) bond motifs is 4. The van der Waals surface area contributed by atoms with Crippen LogP contribution in [0.5, 0.6) is 0 Å². The van der Waals surface area contributed by atoms with E-state index < -0.39 is 11.6 Å². The average molecular weight is 307 g/mol. The van der Waals surface area contributed by atoms with Crippen molar-refractivity contribution in [3.8, 4) is 0 Å². The number of carbonyl (C=O) groups is 2. The minimum Gasteiger partial charge on any atom is -0.465 e. The van der Waals surface area contributed by atoms with E-state index in [2.05, 4.69) is 4.74 Å².